The van der Waals surface area contributed by atoms with Crippen LogP contribution in [0.5, 0.6) is 5.75 Å². The number of phenols is 1. The predicted octanol–water partition coefficient (Wildman–Crippen LogP) is 0.686. The number of rotatable bonds is 14. The first-order chi connectivity index (χ1) is 24.6. The number of ether oxygens (including phenoxy) is 2. The van der Waals surface area contributed by atoms with Crippen LogP contribution in [0.1, 0.15) is 66.4 Å². The molecule has 3 rings (SSSR count). The number of carbonyl (C=O) groups excluding carboxylic acids is 4. The van der Waals surface area contributed by atoms with E-state index in [0.29, 0.717) is 31.6 Å². The number of nitrogens with one attached hydrogen (secondary N) is 5. The number of carbonyl (C=O) groups is 4. The van der Waals surface area contributed by atoms with E-state index >= 15 is 0 Å². The van der Waals surface area contributed by atoms with Gasteiger partial charge in [-0.1, -0.05) is 47.6 Å². The number of nitrogens with two attached hydrogens (primary N) is 1. The number of piperazine rings is 1. The number of amides is 4. The number of phenolic OH excluding ortho intramolecular Hbond substituents is 1. The van der Waals surface area contributed by atoms with Crippen molar-refractivity contribution < 1.29 is 80.2 Å². The summed E-state index contributed by atoms with van der Waals surface area (Å²) < 4.78 is 9.95. The van der Waals surface area contributed by atoms with Crippen molar-refractivity contribution in [1.82, 2.24) is 21.3 Å². The summed E-state index contributed by atoms with van der Waals surface area (Å²) >= 11 is 0. The Morgan fingerprint density at radius 1 is 1.00 bits per heavy atom. The van der Waals surface area contributed by atoms with Crippen molar-refractivity contribution in [3.8, 4) is 5.75 Å². The standard InChI is InChI=1S/C25H41N5O6.C5H10O3.C4H9N2.CH4O.U/c1-14(2)21(28-16(5)6)23(33)30-19(8-7-11-27-25(26)35)22(32)29-18-10-9-17(12-20(18)31)13-36-24(34)15(3)4;6-4-1-5(7)3-8-2-4;1-2-6-4-3-5-1;1-2;/h9-10,12,14-16,19,21,28,31H,7-8,11,13H2,1-6H3,(H,29,32)(H,30,33)(H3,26,27,35);4-7H,1-3H2;5H,1-4H2;2H,1H3;/q;;-1;;. The van der Waals surface area contributed by atoms with Gasteiger partial charge in [0.05, 0.1) is 43.1 Å². The molecule has 0 radical (unpaired) electrons. The number of primary amides is 1. The zero-order valence-corrected chi connectivity index (χ0v) is 36.5. The number of nitrogens with zero attached hydrogens (tertiary/aromatic N) is 1. The van der Waals surface area contributed by atoms with Crippen LogP contribution >= 0.6 is 0 Å². The van der Waals surface area contributed by atoms with E-state index in [1.54, 1.807) is 19.9 Å². The topological polar surface area (TPSA) is 268 Å². The summed E-state index contributed by atoms with van der Waals surface area (Å²) in [6.45, 7) is 16.3. The summed E-state index contributed by atoms with van der Waals surface area (Å²) in [5, 5.41) is 53.4. The molecule has 2 saturated heterocycles. The number of hydrogen-bond donors (Lipinski definition) is 10. The first-order valence-corrected chi connectivity index (χ1v) is 17.7. The van der Waals surface area contributed by atoms with Crippen molar-refractivity contribution in [2.24, 2.45) is 17.6 Å². The maximum atomic E-state index is 13.1. The first-order valence-electron chi connectivity index (χ1n) is 17.7. The number of aliphatic hydroxyl groups excluding tert-OH is 3. The van der Waals surface area contributed by atoms with E-state index in [0.717, 1.165) is 33.3 Å². The minimum atomic E-state index is -0.923. The fraction of sp³-hybridized carbons (Fsp3) is 0.714. The van der Waals surface area contributed by atoms with Gasteiger partial charge in [0.2, 0.25) is 11.8 Å². The zero-order chi connectivity index (χ0) is 39.6. The van der Waals surface area contributed by atoms with Crippen LogP contribution in [-0.4, -0.2) is 128 Å². The molecule has 0 aromatic heterocycles. The Bertz CT molecular complexity index is 1160. The molecular weight excluding hydrogens is 916 g/mol. The summed E-state index contributed by atoms with van der Waals surface area (Å²) in [5.41, 5.74) is 5.79. The second-order valence-corrected chi connectivity index (χ2v) is 13.1. The number of urea groups is 1. The predicted molar refractivity (Wildman–Crippen MR) is 199 cm³/mol. The van der Waals surface area contributed by atoms with E-state index in [2.05, 4.69) is 31.9 Å². The van der Waals surface area contributed by atoms with Gasteiger partial charge in [-0.2, -0.15) is 0 Å². The van der Waals surface area contributed by atoms with E-state index < -0.39 is 36.2 Å². The molecule has 0 bridgehead atoms. The molecule has 2 heterocycles. The van der Waals surface area contributed by atoms with Crippen LogP contribution in [0.25, 0.3) is 5.32 Å². The van der Waals surface area contributed by atoms with Gasteiger partial charge in [0.1, 0.15) is 18.4 Å². The Morgan fingerprint density at radius 2 is 1.60 bits per heavy atom. The molecule has 53 heavy (non-hydrogen) atoms. The number of esters is 1. The molecule has 0 aliphatic carbocycles. The normalized spacial score (nSPS) is 17.5. The average molecular weight is 981 g/mol. The maximum absolute atomic E-state index is 13.1. The first kappa shape index (κ1) is 52.6. The minimum absolute atomic E-state index is 0. The van der Waals surface area contributed by atoms with E-state index in [4.69, 9.17) is 30.5 Å². The molecule has 2 fully saturated rings. The third kappa shape index (κ3) is 25.2. The molecule has 0 saturated carbocycles. The Hall–Kier alpha value is -2.53. The van der Waals surface area contributed by atoms with Gasteiger partial charge in [-0.05, 0) is 49.5 Å². The van der Waals surface area contributed by atoms with Crippen molar-refractivity contribution in [3.05, 3.63) is 29.1 Å². The Kier molecular flexibility index (Phi) is 30.5. The van der Waals surface area contributed by atoms with Crippen molar-refractivity contribution in [3.63, 3.8) is 0 Å². The Labute approximate surface area is 338 Å². The Balaban J connectivity index is 0. The van der Waals surface area contributed by atoms with Crippen LogP contribution in [0.2, 0.25) is 0 Å². The van der Waals surface area contributed by atoms with Crippen molar-refractivity contribution in [2.45, 2.75) is 97.7 Å². The molecule has 1 aromatic carbocycles. The van der Waals surface area contributed by atoms with Crippen molar-refractivity contribution >= 4 is 29.5 Å². The monoisotopic (exact) mass is 981 g/mol. The molecule has 11 N–H and O–H groups in total. The van der Waals surface area contributed by atoms with Crippen LogP contribution in [0.15, 0.2) is 18.2 Å². The van der Waals surface area contributed by atoms with Crippen LogP contribution < -0.4 is 32.3 Å². The van der Waals surface area contributed by atoms with Crippen LogP contribution in [0.4, 0.5) is 10.5 Å². The second kappa shape index (κ2) is 30.8. The fourth-order valence-corrected chi connectivity index (χ4v) is 4.64. The number of benzene rings is 1. The fourth-order valence-electron chi connectivity index (χ4n) is 4.64. The zero-order valence-electron chi connectivity index (χ0n) is 32.3. The number of aliphatic hydroxyl groups is 3. The molecule has 1 aromatic rings. The quantitative estimate of drug-likeness (QED) is 0.0702. The van der Waals surface area contributed by atoms with E-state index in [9.17, 15) is 24.3 Å². The second-order valence-electron chi connectivity index (χ2n) is 13.1. The molecule has 4 amide bonds. The van der Waals surface area contributed by atoms with Gasteiger partial charge in [0, 0.05) is 57.2 Å². The van der Waals surface area contributed by atoms with Crippen molar-refractivity contribution in [1.29, 1.82) is 0 Å². The summed E-state index contributed by atoms with van der Waals surface area (Å²) in [4.78, 5) is 48.7. The number of aromatic hydroxyl groups is 1. The molecule has 0 spiro atoms. The molecule has 2 aliphatic rings. The maximum Gasteiger partial charge on any atom is 0.312 e. The third-order valence-corrected chi connectivity index (χ3v) is 7.29. The summed E-state index contributed by atoms with van der Waals surface area (Å²) in [6, 6.07) is 2.47. The largest absolute Gasteiger partial charge is 0.660 e. The van der Waals surface area contributed by atoms with E-state index in [1.807, 2.05) is 27.7 Å². The van der Waals surface area contributed by atoms with Crippen LogP contribution in [0, 0.1) is 42.9 Å². The molecule has 4 atom stereocenters. The summed E-state index contributed by atoms with van der Waals surface area (Å²) in [5.74, 6) is -1.70. The van der Waals surface area contributed by atoms with Gasteiger partial charge in [-0.3, -0.25) is 14.4 Å². The smallest absolute Gasteiger partial charge is 0.312 e. The minimum Gasteiger partial charge on any atom is -0.660 e. The van der Waals surface area contributed by atoms with Gasteiger partial charge in [0.15, 0.2) is 0 Å². The van der Waals surface area contributed by atoms with E-state index in [1.165, 1.54) is 12.1 Å². The van der Waals surface area contributed by atoms with Crippen LogP contribution in [-0.2, 0) is 30.5 Å². The van der Waals surface area contributed by atoms with Crippen LogP contribution in [0.3, 0.4) is 0 Å². The summed E-state index contributed by atoms with van der Waals surface area (Å²) in [6.07, 6.45) is 0.156. The molecule has 2 aliphatic heterocycles. The van der Waals surface area contributed by atoms with Gasteiger partial charge in [-0.25, -0.2) is 4.79 Å². The Morgan fingerprint density at radius 3 is 2.02 bits per heavy atom. The molecule has 18 heteroatoms. The molecule has 304 valence electrons. The molecule has 17 nitrogen and oxygen atoms in total. The van der Waals surface area contributed by atoms with Gasteiger partial charge < -0.3 is 67.5 Å². The number of anilines is 1. The van der Waals surface area contributed by atoms with Gasteiger partial charge in [-0.15, -0.1) is 13.1 Å². The number of hydrogen-bond acceptors (Lipinski definition) is 12. The van der Waals surface area contributed by atoms with E-state index in [-0.39, 0.29) is 91.9 Å². The van der Waals surface area contributed by atoms with Gasteiger partial charge in [0.25, 0.3) is 0 Å². The third-order valence-electron chi connectivity index (χ3n) is 7.29. The average Bonchev–Trinajstić information content (AvgIpc) is 3.10. The van der Waals surface area contributed by atoms with Gasteiger partial charge >= 0.3 is 12.0 Å². The molecule has 4 unspecified atom stereocenters. The SMILES string of the molecule is C1CNCC[N-]1.CC(C)NC(C(=O)NC(CCCNC(N)=O)C(=O)Nc1ccc(COC(=O)C(C)C)cc1O)C(C)C.CO.OC1COCC(O)C1.[U]. The summed E-state index contributed by atoms with van der Waals surface area (Å²) in [7, 11) is 1.00. The van der Waals surface area contributed by atoms with Crippen molar-refractivity contribution in [2.75, 3.05) is 58.4 Å². The molecular formula is C35H64N7O10U-.